The molecule has 84 heavy (non-hydrogen) atoms. The highest BCUT2D eigenvalue weighted by Crippen LogP contribution is 2.35. The number of carbonyl (C=O) groups is 9. The van der Waals surface area contributed by atoms with Crippen molar-refractivity contribution in [2.24, 2.45) is 11.8 Å². The van der Waals surface area contributed by atoms with Crippen molar-refractivity contribution in [3.05, 3.63) is 118 Å². The van der Waals surface area contributed by atoms with Crippen LogP contribution in [0.2, 0.25) is 0 Å². The molecule has 5 amide bonds. The lowest BCUT2D eigenvalue weighted by Crippen LogP contribution is -2.50. The lowest BCUT2D eigenvalue weighted by Gasteiger charge is -2.29. The molecule has 5 aromatic rings. The van der Waals surface area contributed by atoms with Crippen LogP contribution in [0.3, 0.4) is 0 Å². The third kappa shape index (κ3) is 15.0. The van der Waals surface area contributed by atoms with Gasteiger partial charge < -0.3 is 54.7 Å². The number of anilines is 1. The summed E-state index contributed by atoms with van der Waals surface area (Å²) in [7, 11) is 0. The Kier molecular flexibility index (Phi) is 20.1. The van der Waals surface area contributed by atoms with Crippen LogP contribution in [-0.2, 0) is 54.9 Å². The Balaban J connectivity index is 0.987. The number of halogens is 8. The highest BCUT2D eigenvalue weighted by atomic mass is 19.2. The van der Waals surface area contributed by atoms with Gasteiger partial charge in [0, 0.05) is 44.0 Å². The summed E-state index contributed by atoms with van der Waals surface area (Å²) in [5.41, 5.74) is 0.609. The maximum Gasteiger partial charge on any atom is 0.313 e. The molecule has 0 aliphatic carbocycles. The largest absolute Gasteiger partial charge is 0.481 e. The van der Waals surface area contributed by atoms with Crippen LogP contribution in [0.25, 0.3) is 11.0 Å². The predicted molar refractivity (Wildman–Crippen MR) is 272 cm³/mol. The van der Waals surface area contributed by atoms with Crippen LogP contribution in [0.1, 0.15) is 67.6 Å². The normalized spacial score (nSPS) is 16.4. The number of aliphatic carboxylic acids is 2. The highest BCUT2D eigenvalue weighted by Gasteiger charge is 2.37. The summed E-state index contributed by atoms with van der Waals surface area (Å²) in [4.78, 5) is 121. The Morgan fingerprint density at radius 3 is 1.79 bits per heavy atom. The van der Waals surface area contributed by atoms with Crippen LogP contribution >= 0.6 is 0 Å². The van der Waals surface area contributed by atoms with Gasteiger partial charge in [-0.1, -0.05) is 49.7 Å². The van der Waals surface area contributed by atoms with Gasteiger partial charge in [-0.15, -0.1) is 0 Å². The van der Waals surface area contributed by atoms with E-state index in [9.17, 15) is 88.5 Å². The number of hydrogen-bond acceptors (Lipinski definition) is 14. The number of likely N-dealkylation sites (tertiary alicyclic amines) is 1. The standard InChI is InChI=1S/C55H52F8N6O15/c1-55(2,30-8-3-4-9-35(30)64-52(78)54(80)69-13-14-81-23-28(22-69)51(77)66-37(19-42(74)75)39(71)25-83-49-45(62)33(58)17-34(59)46(49)63)20-26-10-11-40-29(15-26)47(67-84-40)53(79)68-12-6-5-7-27(21-68)50(76)65-36(18-41(72)73)38(70)24-82-48-43(60)31(56)16-32(57)44(48)61/h3-4,8-11,15-17,27-28,36-37H,5-7,12-14,18-25H2,1-2H3,(H,64,78)(H,65,76)(H,66,77)(H,72,73)(H,74,75)/t27-,28+,36+,37+/m1/s1. The number of ketones is 2. The minimum absolute atomic E-state index is 0.0837. The smallest absolute Gasteiger partial charge is 0.313 e. The first-order valence-electron chi connectivity index (χ1n) is 25.7. The number of Topliss-reactive ketones (excluding diaryl/α,β-unsaturated/α-hetero) is 2. The van der Waals surface area contributed by atoms with Crippen molar-refractivity contribution in [1.82, 2.24) is 25.6 Å². The topological polar surface area (TPSA) is 290 Å². The summed E-state index contributed by atoms with van der Waals surface area (Å²) in [6.45, 7) is -0.283. The molecule has 2 saturated heterocycles. The van der Waals surface area contributed by atoms with E-state index in [-0.39, 0.29) is 80.2 Å². The predicted octanol–water partition coefficient (Wildman–Crippen LogP) is 5.33. The average molecular weight is 1190 g/mol. The molecule has 0 saturated carbocycles. The summed E-state index contributed by atoms with van der Waals surface area (Å²) in [6.07, 6.45) is -0.878. The van der Waals surface area contributed by atoms with Crippen LogP contribution in [0.15, 0.2) is 59.1 Å². The number of carboxylic acids is 2. The van der Waals surface area contributed by atoms with Crippen LogP contribution in [0.4, 0.5) is 40.8 Å². The van der Waals surface area contributed by atoms with Gasteiger partial charge in [-0.05, 0) is 54.0 Å². The van der Waals surface area contributed by atoms with E-state index >= 15 is 0 Å². The number of fused-ring (bicyclic) bond motifs is 1. The molecular weight excluding hydrogens is 1140 g/mol. The summed E-state index contributed by atoms with van der Waals surface area (Å²) >= 11 is 0. The molecular formula is C55H52F8N6O15. The van der Waals surface area contributed by atoms with Crippen molar-refractivity contribution in [2.45, 2.75) is 69.9 Å². The highest BCUT2D eigenvalue weighted by molar-refractivity contribution is 6.39. The van der Waals surface area contributed by atoms with Crippen LogP contribution in [0, 0.1) is 58.4 Å². The second kappa shape index (κ2) is 26.9. The number of carbonyl (C=O) groups excluding carboxylic acids is 7. The first-order chi connectivity index (χ1) is 39.7. The van der Waals surface area contributed by atoms with Gasteiger partial charge in [0.15, 0.2) is 57.6 Å². The molecule has 2 aliphatic rings. The maximum atomic E-state index is 14.2. The van der Waals surface area contributed by atoms with Gasteiger partial charge in [0.1, 0.15) is 25.3 Å². The van der Waals surface area contributed by atoms with E-state index in [1.807, 2.05) is 13.8 Å². The molecule has 448 valence electrons. The van der Waals surface area contributed by atoms with Crippen molar-refractivity contribution in [3.63, 3.8) is 0 Å². The lowest BCUT2D eigenvalue weighted by molar-refractivity contribution is -0.144. The third-order valence-corrected chi connectivity index (χ3v) is 13.8. The average Bonchev–Trinajstić information content (AvgIpc) is 3.01. The first kappa shape index (κ1) is 62.6. The molecule has 0 spiro atoms. The van der Waals surface area contributed by atoms with Crippen molar-refractivity contribution >= 4 is 69.7 Å². The fourth-order valence-corrected chi connectivity index (χ4v) is 9.46. The molecule has 5 N–H and O–H groups in total. The second-order valence-corrected chi connectivity index (χ2v) is 20.3. The molecule has 2 fully saturated rings. The Morgan fingerprint density at radius 2 is 1.23 bits per heavy atom. The number of nitrogens with one attached hydrogen (secondary N) is 3. The quantitative estimate of drug-likeness (QED) is 0.0352. The van der Waals surface area contributed by atoms with Crippen molar-refractivity contribution in [1.29, 1.82) is 0 Å². The van der Waals surface area contributed by atoms with E-state index in [4.69, 9.17) is 14.0 Å². The van der Waals surface area contributed by atoms with Crippen molar-refractivity contribution in [3.8, 4) is 11.5 Å². The van der Waals surface area contributed by atoms with Gasteiger partial charge in [-0.25, -0.2) is 17.6 Å². The number of para-hydroxylation sites is 1. The number of carboxylic acid groups (broad SMARTS) is 2. The number of aromatic nitrogens is 1. The zero-order valence-corrected chi connectivity index (χ0v) is 44.5. The van der Waals surface area contributed by atoms with E-state index in [1.165, 1.54) is 11.0 Å². The Hall–Kier alpha value is -9.02. The molecule has 0 radical (unpaired) electrons. The lowest BCUT2D eigenvalue weighted by atomic mass is 9.78. The molecule has 3 heterocycles. The van der Waals surface area contributed by atoms with Crippen LogP contribution in [-0.4, -0.2) is 143 Å². The minimum Gasteiger partial charge on any atom is -0.481 e. The number of nitrogens with zero attached hydrogens (tertiary/aromatic N) is 3. The third-order valence-electron chi connectivity index (χ3n) is 13.8. The van der Waals surface area contributed by atoms with Crippen molar-refractivity contribution < 1.29 is 107 Å². The number of hydrogen-bond donors (Lipinski definition) is 5. The van der Waals surface area contributed by atoms with Crippen LogP contribution < -0.4 is 25.4 Å². The fraction of sp³-hybridized carbons (Fsp3) is 0.382. The molecule has 0 unspecified atom stereocenters. The SMILES string of the molecule is CC(C)(Cc1ccc2onc(C(=O)N3CCCC[C@@H](C(=O)N[C@@H](CC(=O)O)C(=O)COc4c(F)c(F)cc(F)c4F)C3)c2c1)c1ccccc1NC(=O)C(=O)N1CCOC[C@@H](C(=O)N[C@@H](CC(=O)O)C(=O)COc2c(F)c(F)cc(F)c2F)C1. The molecule has 2 aliphatic heterocycles. The van der Waals surface area contributed by atoms with Gasteiger partial charge in [0.2, 0.25) is 35.1 Å². The summed E-state index contributed by atoms with van der Waals surface area (Å²) in [5.74, 6) is -31.2. The molecule has 4 aromatic carbocycles. The summed E-state index contributed by atoms with van der Waals surface area (Å²) in [6, 6.07) is 7.54. The van der Waals surface area contributed by atoms with Crippen LogP contribution in [0.5, 0.6) is 11.5 Å². The summed E-state index contributed by atoms with van der Waals surface area (Å²) < 4.78 is 132. The number of rotatable bonds is 21. The minimum atomic E-state index is -1.97. The van der Waals surface area contributed by atoms with E-state index in [0.717, 1.165) is 4.90 Å². The fourth-order valence-electron chi connectivity index (χ4n) is 9.46. The molecule has 29 heteroatoms. The zero-order valence-electron chi connectivity index (χ0n) is 44.5. The maximum absolute atomic E-state index is 14.2. The molecule has 0 bridgehead atoms. The van der Waals surface area contributed by atoms with Gasteiger partial charge in [0.25, 0.3) is 5.91 Å². The first-order valence-corrected chi connectivity index (χ1v) is 25.7. The Morgan fingerprint density at radius 1 is 0.690 bits per heavy atom. The number of ether oxygens (including phenoxy) is 3. The van der Waals surface area contributed by atoms with Gasteiger partial charge in [0.05, 0.1) is 43.3 Å². The van der Waals surface area contributed by atoms with E-state index in [1.54, 1.807) is 36.4 Å². The Bertz CT molecular complexity index is 3370. The van der Waals surface area contributed by atoms with Gasteiger partial charge >= 0.3 is 23.8 Å². The van der Waals surface area contributed by atoms with Gasteiger partial charge in [-0.3, -0.25) is 43.2 Å². The summed E-state index contributed by atoms with van der Waals surface area (Å²) in [5, 5.41) is 30.3. The molecule has 1 aromatic heterocycles. The zero-order chi connectivity index (χ0) is 61.3. The molecule has 4 atom stereocenters. The molecule has 7 rings (SSSR count). The van der Waals surface area contributed by atoms with E-state index in [0.29, 0.717) is 24.0 Å². The number of amides is 5. The second-order valence-electron chi connectivity index (χ2n) is 20.3. The van der Waals surface area contributed by atoms with E-state index < -0.39 is 173 Å². The molecule has 21 nitrogen and oxygen atoms in total. The number of benzene rings is 4. The van der Waals surface area contributed by atoms with E-state index in [2.05, 4.69) is 25.8 Å². The van der Waals surface area contributed by atoms with Crippen molar-refractivity contribution in [2.75, 3.05) is 57.9 Å². The van der Waals surface area contributed by atoms with Gasteiger partial charge in [-0.2, -0.15) is 17.6 Å². The Labute approximate surface area is 470 Å². The monoisotopic (exact) mass is 1190 g/mol.